The molecule has 14 heteroatoms. The standard InChI is InChI=1S/C17H27N3O11/c1-26-10-18-16(24)29-8-12(9-30-17(25)19-11-27-2)28-7-3-4-15(23)31-20-13(21)5-6-14(20)22/h12H,3-11H2,1-2H3,(H,18,24)(H,19,25). The normalized spacial score (nSPS) is 13.3. The van der Waals surface area contributed by atoms with Gasteiger partial charge in [0.05, 0.1) is 6.42 Å². The molecule has 0 radical (unpaired) electrons. The molecule has 0 bridgehead atoms. The van der Waals surface area contributed by atoms with Crippen LogP contribution in [0.25, 0.3) is 0 Å². The number of nitrogens with zero attached hydrogens (tertiary/aromatic N) is 1. The minimum atomic E-state index is -0.820. The molecule has 176 valence electrons. The van der Waals surface area contributed by atoms with Gasteiger partial charge >= 0.3 is 18.2 Å². The fourth-order valence-electron chi connectivity index (χ4n) is 2.12. The number of ether oxygens (including phenoxy) is 5. The number of carbonyl (C=O) groups excluding carboxylic acids is 5. The summed E-state index contributed by atoms with van der Waals surface area (Å²) in [5, 5.41) is 5.08. The summed E-state index contributed by atoms with van der Waals surface area (Å²) >= 11 is 0. The monoisotopic (exact) mass is 449 g/mol. The van der Waals surface area contributed by atoms with Crippen molar-refractivity contribution < 1.29 is 52.5 Å². The topological polar surface area (TPSA) is 168 Å². The Kier molecular flexibility index (Phi) is 12.5. The van der Waals surface area contributed by atoms with Gasteiger partial charge in [0.15, 0.2) is 0 Å². The zero-order valence-corrected chi connectivity index (χ0v) is 17.4. The first-order chi connectivity index (χ1) is 14.9. The maximum absolute atomic E-state index is 11.8. The first-order valence-corrected chi connectivity index (χ1v) is 9.34. The first-order valence-electron chi connectivity index (χ1n) is 9.34. The van der Waals surface area contributed by atoms with Crippen molar-refractivity contribution in [2.75, 3.05) is 47.5 Å². The third-order valence-corrected chi connectivity index (χ3v) is 3.60. The Morgan fingerprint density at radius 3 is 1.94 bits per heavy atom. The van der Waals surface area contributed by atoms with E-state index >= 15 is 0 Å². The van der Waals surface area contributed by atoms with Crippen molar-refractivity contribution in [3.63, 3.8) is 0 Å². The minimum Gasteiger partial charge on any atom is -0.447 e. The Bertz CT molecular complexity index is 588. The summed E-state index contributed by atoms with van der Waals surface area (Å²) in [5.74, 6) is -1.90. The molecule has 1 aliphatic rings. The summed E-state index contributed by atoms with van der Waals surface area (Å²) < 4.78 is 24.7. The van der Waals surface area contributed by atoms with E-state index < -0.39 is 36.1 Å². The van der Waals surface area contributed by atoms with Crippen LogP contribution in [0.3, 0.4) is 0 Å². The lowest BCUT2D eigenvalue weighted by Gasteiger charge is -2.18. The van der Waals surface area contributed by atoms with E-state index in [1.165, 1.54) is 14.2 Å². The summed E-state index contributed by atoms with van der Waals surface area (Å²) in [6.45, 7) is -0.564. The second-order valence-corrected chi connectivity index (χ2v) is 6.06. The number of hydrogen-bond donors (Lipinski definition) is 2. The lowest BCUT2D eigenvalue weighted by Crippen LogP contribution is -2.35. The summed E-state index contributed by atoms with van der Waals surface area (Å²) in [7, 11) is 2.78. The molecule has 31 heavy (non-hydrogen) atoms. The van der Waals surface area contributed by atoms with Crippen LogP contribution in [0.1, 0.15) is 25.7 Å². The molecular formula is C17H27N3O11. The second kappa shape index (κ2) is 14.9. The van der Waals surface area contributed by atoms with Gasteiger partial charge in [0.1, 0.15) is 32.8 Å². The Balaban J connectivity index is 2.37. The number of hydrogen-bond acceptors (Lipinski definition) is 11. The van der Waals surface area contributed by atoms with Crippen molar-refractivity contribution in [1.29, 1.82) is 0 Å². The molecule has 0 unspecified atom stereocenters. The quantitative estimate of drug-likeness (QED) is 0.198. The highest BCUT2D eigenvalue weighted by molar-refractivity contribution is 6.01. The summed E-state index contributed by atoms with van der Waals surface area (Å²) in [6, 6.07) is 0. The smallest absolute Gasteiger partial charge is 0.409 e. The summed E-state index contributed by atoms with van der Waals surface area (Å²) in [4.78, 5) is 62.3. The van der Waals surface area contributed by atoms with Crippen LogP contribution in [-0.4, -0.2) is 88.6 Å². The fourth-order valence-corrected chi connectivity index (χ4v) is 2.12. The van der Waals surface area contributed by atoms with Crippen LogP contribution in [0.2, 0.25) is 0 Å². The summed E-state index contributed by atoms with van der Waals surface area (Å²) in [6.07, 6.45) is -2.28. The van der Waals surface area contributed by atoms with Gasteiger partial charge in [-0.3, -0.25) is 20.2 Å². The number of rotatable bonds is 14. The lowest BCUT2D eigenvalue weighted by molar-refractivity contribution is -0.197. The predicted octanol–water partition coefficient (Wildman–Crippen LogP) is -0.581. The van der Waals surface area contributed by atoms with Crippen LogP contribution in [0, 0.1) is 0 Å². The van der Waals surface area contributed by atoms with Gasteiger partial charge in [-0.25, -0.2) is 14.4 Å². The predicted molar refractivity (Wildman–Crippen MR) is 98.9 cm³/mol. The maximum Gasteiger partial charge on any atom is 0.409 e. The zero-order chi connectivity index (χ0) is 23.1. The molecule has 1 heterocycles. The molecule has 1 saturated heterocycles. The van der Waals surface area contributed by atoms with Crippen LogP contribution in [0.15, 0.2) is 0 Å². The van der Waals surface area contributed by atoms with Gasteiger partial charge < -0.3 is 28.5 Å². The fraction of sp³-hybridized carbons (Fsp3) is 0.706. The Morgan fingerprint density at radius 2 is 1.45 bits per heavy atom. The molecule has 0 aromatic rings. The molecule has 0 aromatic carbocycles. The van der Waals surface area contributed by atoms with E-state index in [0.29, 0.717) is 5.06 Å². The van der Waals surface area contributed by atoms with Gasteiger partial charge in [0.25, 0.3) is 11.8 Å². The van der Waals surface area contributed by atoms with E-state index in [4.69, 9.17) is 19.0 Å². The van der Waals surface area contributed by atoms with E-state index in [1.807, 2.05) is 0 Å². The number of alkyl carbamates (subject to hydrolysis) is 2. The molecule has 1 rings (SSSR count). The largest absolute Gasteiger partial charge is 0.447 e. The molecule has 0 aliphatic carbocycles. The van der Waals surface area contributed by atoms with Crippen molar-refractivity contribution >= 4 is 30.0 Å². The number of methoxy groups -OCH3 is 2. The molecule has 0 atom stereocenters. The van der Waals surface area contributed by atoms with Gasteiger partial charge in [-0.15, -0.1) is 5.06 Å². The van der Waals surface area contributed by atoms with E-state index in [1.54, 1.807) is 0 Å². The third-order valence-electron chi connectivity index (χ3n) is 3.60. The molecule has 0 aromatic heterocycles. The lowest BCUT2D eigenvalue weighted by atomic mass is 10.3. The van der Waals surface area contributed by atoms with Crippen LogP contribution in [-0.2, 0) is 42.9 Å². The van der Waals surface area contributed by atoms with Crippen LogP contribution in [0.5, 0.6) is 0 Å². The van der Waals surface area contributed by atoms with Gasteiger partial charge in [0.2, 0.25) is 0 Å². The van der Waals surface area contributed by atoms with Crippen molar-refractivity contribution in [1.82, 2.24) is 15.7 Å². The molecular weight excluding hydrogens is 422 g/mol. The van der Waals surface area contributed by atoms with Crippen LogP contribution < -0.4 is 10.6 Å². The number of nitrogens with one attached hydrogen (secondary N) is 2. The van der Waals surface area contributed by atoms with Gasteiger partial charge in [0, 0.05) is 33.7 Å². The molecule has 4 amide bonds. The SMILES string of the molecule is COCNC(=O)OCC(COC(=O)NCOC)OCCCC(=O)ON1C(=O)CCC1=O. The van der Waals surface area contributed by atoms with Crippen LogP contribution >= 0.6 is 0 Å². The number of carbonyl (C=O) groups is 5. The first kappa shape index (κ1) is 26.1. The molecule has 0 spiro atoms. The molecule has 14 nitrogen and oxygen atoms in total. The molecule has 2 N–H and O–H groups in total. The average molecular weight is 449 g/mol. The molecule has 1 fully saturated rings. The highest BCUT2D eigenvalue weighted by Crippen LogP contribution is 2.13. The highest BCUT2D eigenvalue weighted by atomic mass is 16.7. The van der Waals surface area contributed by atoms with Gasteiger partial charge in [-0.05, 0) is 6.42 Å². The third kappa shape index (κ3) is 11.1. The highest BCUT2D eigenvalue weighted by Gasteiger charge is 2.32. The number of imide groups is 1. The second-order valence-electron chi connectivity index (χ2n) is 6.06. The Morgan fingerprint density at radius 1 is 0.935 bits per heavy atom. The summed E-state index contributed by atoms with van der Waals surface area (Å²) in [5.41, 5.74) is 0. The van der Waals surface area contributed by atoms with E-state index in [2.05, 4.69) is 20.1 Å². The van der Waals surface area contributed by atoms with Crippen molar-refractivity contribution in [2.45, 2.75) is 31.8 Å². The minimum absolute atomic E-state index is 0.00677. The van der Waals surface area contributed by atoms with Crippen LogP contribution in [0.4, 0.5) is 9.59 Å². The van der Waals surface area contributed by atoms with E-state index in [-0.39, 0.29) is 59.0 Å². The van der Waals surface area contributed by atoms with Crippen molar-refractivity contribution in [2.24, 2.45) is 0 Å². The Labute approximate surface area is 178 Å². The van der Waals surface area contributed by atoms with Crippen molar-refractivity contribution in [3.05, 3.63) is 0 Å². The van der Waals surface area contributed by atoms with Gasteiger partial charge in [-0.1, -0.05) is 0 Å². The molecule has 1 aliphatic heterocycles. The average Bonchev–Trinajstić information content (AvgIpc) is 3.06. The molecule has 0 saturated carbocycles. The van der Waals surface area contributed by atoms with E-state index in [9.17, 15) is 24.0 Å². The number of amides is 4. The number of hydroxylamine groups is 2. The van der Waals surface area contributed by atoms with Gasteiger partial charge in [-0.2, -0.15) is 0 Å². The van der Waals surface area contributed by atoms with E-state index in [0.717, 1.165) is 0 Å². The zero-order valence-electron chi connectivity index (χ0n) is 17.4. The van der Waals surface area contributed by atoms with Crippen molar-refractivity contribution in [3.8, 4) is 0 Å². The Hall–Kier alpha value is -2.97. The maximum atomic E-state index is 11.8.